The molecular weight excluding hydrogens is 229 g/mol. The summed E-state index contributed by atoms with van der Waals surface area (Å²) in [7, 11) is 1.47. The van der Waals surface area contributed by atoms with Gasteiger partial charge in [0.05, 0.1) is 12.1 Å². The number of nitrogens with one attached hydrogen (secondary N) is 1. The zero-order valence-electron chi connectivity index (χ0n) is 9.22. The summed E-state index contributed by atoms with van der Waals surface area (Å²) in [6.45, 7) is 1.04. The third kappa shape index (κ3) is 2.30. The summed E-state index contributed by atoms with van der Waals surface area (Å²) in [5, 5.41) is 3.49. The molecule has 1 fully saturated rings. The van der Waals surface area contributed by atoms with Crippen molar-refractivity contribution in [2.75, 3.05) is 13.7 Å². The molecule has 4 heteroatoms. The lowest BCUT2D eigenvalue weighted by Crippen LogP contribution is -2.23. The van der Waals surface area contributed by atoms with Gasteiger partial charge in [0, 0.05) is 6.04 Å². The summed E-state index contributed by atoms with van der Waals surface area (Å²) in [6, 6.07) is 3.85. The zero-order chi connectivity index (χ0) is 11.5. The topological polar surface area (TPSA) is 21.3 Å². The van der Waals surface area contributed by atoms with E-state index in [0.717, 1.165) is 24.9 Å². The van der Waals surface area contributed by atoms with Gasteiger partial charge >= 0.3 is 0 Å². The second-order valence-corrected chi connectivity index (χ2v) is 4.46. The van der Waals surface area contributed by atoms with Crippen molar-refractivity contribution < 1.29 is 9.13 Å². The van der Waals surface area contributed by atoms with Gasteiger partial charge in [0.2, 0.25) is 0 Å². The number of methoxy groups -OCH3 is 1. The first kappa shape index (κ1) is 11.7. The molecule has 2 rings (SSSR count). The monoisotopic (exact) mass is 243 g/mol. The van der Waals surface area contributed by atoms with Crippen molar-refractivity contribution in [1.29, 1.82) is 0 Å². The number of rotatable bonds is 3. The minimum atomic E-state index is -0.459. The summed E-state index contributed by atoms with van der Waals surface area (Å²) in [5.74, 6) is -0.180. The van der Waals surface area contributed by atoms with E-state index in [2.05, 4.69) is 5.32 Å². The Kier molecular flexibility index (Phi) is 3.66. The van der Waals surface area contributed by atoms with Gasteiger partial charge in [0.1, 0.15) is 0 Å². The van der Waals surface area contributed by atoms with E-state index in [1.165, 1.54) is 13.5 Å². The van der Waals surface area contributed by atoms with E-state index >= 15 is 0 Å². The maximum Gasteiger partial charge on any atom is 0.183 e. The van der Waals surface area contributed by atoms with Crippen LogP contribution in [0.25, 0.3) is 0 Å². The molecule has 1 atom stereocenters. The van der Waals surface area contributed by atoms with Crippen molar-refractivity contribution in [3.05, 3.63) is 28.5 Å². The Bertz CT molecular complexity index is 378. The summed E-state index contributed by atoms with van der Waals surface area (Å²) < 4.78 is 18.7. The highest BCUT2D eigenvalue weighted by atomic mass is 35.5. The van der Waals surface area contributed by atoms with Crippen molar-refractivity contribution in [3.63, 3.8) is 0 Å². The highest BCUT2D eigenvalue weighted by molar-refractivity contribution is 6.30. The van der Waals surface area contributed by atoms with Crippen LogP contribution in [0, 0.1) is 5.82 Å². The van der Waals surface area contributed by atoms with Crippen molar-refractivity contribution >= 4 is 11.6 Å². The van der Waals surface area contributed by atoms with Crippen LogP contribution in [-0.4, -0.2) is 19.7 Å². The molecule has 0 amide bonds. The van der Waals surface area contributed by atoms with Gasteiger partial charge in [0.15, 0.2) is 11.6 Å². The first-order chi connectivity index (χ1) is 7.72. The standard InChI is InChI=1S/C12H15ClFNO/c1-16-12-8(4-5-10(13)11(12)14)7-9-3-2-6-15-9/h4-5,9,15H,2-3,6-7H2,1H3. The minimum Gasteiger partial charge on any atom is -0.493 e. The van der Waals surface area contributed by atoms with Crippen molar-refractivity contribution in [1.82, 2.24) is 5.32 Å². The summed E-state index contributed by atoms with van der Waals surface area (Å²) >= 11 is 5.71. The molecule has 16 heavy (non-hydrogen) atoms. The Morgan fingerprint density at radius 3 is 3.00 bits per heavy atom. The number of halogens is 2. The Morgan fingerprint density at radius 1 is 1.56 bits per heavy atom. The van der Waals surface area contributed by atoms with E-state index in [0.29, 0.717) is 6.04 Å². The molecule has 0 spiro atoms. The lowest BCUT2D eigenvalue weighted by molar-refractivity contribution is 0.379. The Morgan fingerprint density at radius 2 is 2.38 bits per heavy atom. The summed E-state index contributed by atoms with van der Waals surface area (Å²) in [4.78, 5) is 0. The minimum absolute atomic E-state index is 0.111. The molecule has 1 aromatic rings. The van der Waals surface area contributed by atoms with Gasteiger partial charge in [-0.2, -0.15) is 0 Å². The number of ether oxygens (including phenoxy) is 1. The van der Waals surface area contributed by atoms with Crippen LogP contribution in [0.2, 0.25) is 5.02 Å². The molecule has 0 saturated carbocycles. The van der Waals surface area contributed by atoms with E-state index in [1.54, 1.807) is 6.07 Å². The van der Waals surface area contributed by atoms with Crippen LogP contribution in [-0.2, 0) is 6.42 Å². The SMILES string of the molecule is COc1c(CC2CCCN2)ccc(Cl)c1F. The molecule has 0 aliphatic carbocycles. The van der Waals surface area contributed by atoms with Gasteiger partial charge in [-0.25, -0.2) is 4.39 Å². The van der Waals surface area contributed by atoms with E-state index < -0.39 is 5.82 Å². The van der Waals surface area contributed by atoms with Gasteiger partial charge in [-0.15, -0.1) is 0 Å². The highest BCUT2D eigenvalue weighted by Crippen LogP contribution is 2.30. The smallest absolute Gasteiger partial charge is 0.183 e. The van der Waals surface area contributed by atoms with E-state index in [1.807, 2.05) is 6.07 Å². The van der Waals surface area contributed by atoms with Crippen molar-refractivity contribution in [2.45, 2.75) is 25.3 Å². The van der Waals surface area contributed by atoms with E-state index in [-0.39, 0.29) is 10.8 Å². The maximum absolute atomic E-state index is 13.7. The predicted molar refractivity (Wildman–Crippen MR) is 62.7 cm³/mol. The number of benzene rings is 1. The van der Waals surface area contributed by atoms with Gasteiger partial charge in [-0.3, -0.25) is 0 Å². The molecule has 1 aromatic carbocycles. The molecule has 0 radical (unpaired) electrons. The number of hydrogen-bond acceptors (Lipinski definition) is 2. The van der Waals surface area contributed by atoms with Gasteiger partial charge in [-0.05, 0) is 37.4 Å². The lowest BCUT2D eigenvalue weighted by Gasteiger charge is -2.14. The molecule has 1 saturated heterocycles. The van der Waals surface area contributed by atoms with Gasteiger partial charge < -0.3 is 10.1 Å². The van der Waals surface area contributed by atoms with Crippen LogP contribution in [0.1, 0.15) is 18.4 Å². The van der Waals surface area contributed by atoms with Crippen LogP contribution in [0.5, 0.6) is 5.75 Å². The normalized spacial score (nSPS) is 20.1. The molecule has 0 bridgehead atoms. The molecule has 1 unspecified atom stereocenters. The molecule has 1 aliphatic rings. The third-order valence-corrected chi connectivity index (χ3v) is 3.26. The second kappa shape index (κ2) is 5.02. The number of hydrogen-bond donors (Lipinski definition) is 1. The molecule has 88 valence electrons. The van der Waals surface area contributed by atoms with Crippen LogP contribution >= 0.6 is 11.6 Å². The lowest BCUT2D eigenvalue weighted by atomic mass is 10.0. The average molecular weight is 244 g/mol. The fourth-order valence-corrected chi connectivity index (χ4v) is 2.30. The zero-order valence-corrected chi connectivity index (χ0v) is 9.98. The fourth-order valence-electron chi connectivity index (χ4n) is 2.15. The van der Waals surface area contributed by atoms with Gasteiger partial charge in [-0.1, -0.05) is 17.7 Å². The fraction of sp³-hybridized carbons (Fsp3) is 0.500. The molecule has 1 aliphatic heterocycles. The Balaban J connectivity index is 2.22. The molecular formula is C12H15ClFNO. The first-order valence-electron chi connectivity index (χ1n) is 5.46. The highest BCUT2D eigenvalue weighted by Gasteiger charge is 2.19. The van der Waals surface area contributed by atoms with Crippen LogP contribution in [0.3, 0.4) is 0 Å². The largest absolute Gasteiger partial charge is 0.493 e. The van der Waals surface area contributed by atoms with Gasteiger partial charge in [0.25, 0.3) is 0 Å². The molecule has 0 aromatic heterocycles. The van der Waals surface area contributed by atoms with Crippen molar-refractivity contribution in [2.24, 2.45) is 0 Å². The quantitative estimate of drug-likeness (QED) is 0.882. The molecule has 1 N–H and O–H groups in total. The first-order valence-corrected chi connectivity index (χ1v) is 5.84. The maximum atomic E-state index is 13.7. The third-order valence-electron chi connectivity index (χ3n) is 2.96. The predicted octanol–water partition coefficient (Wildman–Crippen LogP) is 2.78. The van der Waals surface area contributed by atoms with E-state index in [4.69, 9.17) is 16.3 Å². The van der Waals surface area contributed by atoms with E-state index in [9.17, 15) is 4.39 Å². The Hall–Kier alpha value is -0.800. The van der Waals surface area contributed by atoms with Crippen molar-refractivity contribution in [3.8, 4) is 5.75 Å². The van der Waals surface area contributed by atoms with Crippen LogP contribution in [0.15, 0.2) is 12.1 Å². The van der Waals surface area contributed by atoms with Crippen LogP contribution in [0.4, 0.5) is 4.39 Å². The second-order valence-electron chi connectivity index (χ2n) is 4.05. The molecule has 2 nitrogen and oxygen atoms in total. The van der Waals surface area contributed by atoms with Crippen LogP contribution < -0.4 is 10.1 Å². The Labute approximate surface area is 99.7 Å². The molecule has 1 heterocycles. The summed E-state index contributed by atoms with van der Waals surface area (Å²) in [6.07, 6.45) is 3.10. The summed E-state index contributed by atoms with van der Waals surface area (Å²) in [5.41, 5.74) is 0.879. The average Bonchev–Trinajstić information content (AvgIpc) is 2.77.